The summed E-state index contributed by atoms with van der Waals surface area (Å²) < 4.78 is 6.57. The van der Waals surface area contributed by atoms with Gasteiger partial charge in [0.25, 0.3) is 5.91 Å². The van der Waals surface area contributed by atoms with E-state index in [2.05, 4.69) is 15.9 Å². The summed E-state index contributed by atoms with van der Waals surface area (Å²) in [6.07, 6.45) is 1.02. The maximum Gasteiger partial charge on any atom is 0.309 e. The highest BCUT2D eigenvalue weighted by Gasteiger charge is 2.29. The first-order valence-corrected chi connectivity index (χ1v) is 9.64. The zero-order valence-corrected chi connectivity index (χ0v) is 16.3. The summed E-state index contributed by atoms with van der Waals surface area (Å²) >= 11 is 3.37. The molecule has 1 fully saturated rings. The topological polar surface area (TPSA) is 46.6 Å². The average Bonchev–Trinajstić information content (AvgIpc) is 2.69. The molecule has 0 bridgehead atoms. The van der Waals surface area contributed by atoms with Crippen molar-refractivity contribution in [3.63, 3.8) is 0 Å². The van der Waals surface area contributed by atoms with E-state index < -0.39 is 0 Å². The number of nitrogens with zero attached hydrogens (tertiary/aromatic N) is 1. The normalized spacial score (nSPS) is 16.2. The number of rotatable bonds is 4. The van der Waals surface area contributed by atoms with Gasteiger partial charge in [-0.1, -0.05) is 46.3 Å². The molecule has 26 heavy (non-hydrogen) atoms. The number of piperidine rings is 1. The molecule has 1 atom stereocenters. The maximum absolute atomic E-state index is 12.5. The zero-order valence-electron chi connectivity index (χ0n) is 14.7. The fourth-order valence-corrected chi connectivity index (χ4v) is 3.42. The molecule has 1 aliphatic rings. The Labute approximate surface area is 162 Å². The van der Waals surface area contributed by atoms with Gasteiger partial charge in [0.05, 0.1) is 5.92 Å². The van der Waals surface area contributed by atoms with Crippen LogP contribution in [0.2, 0.25) is 0 Å². The van der Waals surface area contributed by atoms with E-state index in [4.69, 9.17) is 4.74 Å². The Morgan fingerprint density at radius 3 is 2.27 bits per heavy atom. The summed E-state index contributed by atoms with van der Waals surface area (Å²) in [7, 11) is 0. The van der Waals surface area contributed by atoms with E-state index in [9.17, 15) is 9.59 Å². The lowest BCUT2D eigenvalue weighted by molar-refractivity contribution is -0.155. The molecule has 0 N–H and O–H groups in total. The van der Waals surface area contributed by atoms with Gasteiger partial charge in [0, 0.05) is 23.1 Å². The van der Waals surface area contributed by atoms with Gasteiger partial charge in [-0.3, -0.25) is 9.59 Å². The summed E-state index contributed by atoms with van der Waals surface area (Å²) in [6, 6.07) is 17.1. The van der Waals surface area contributed by atoms with Crippen LogP contribution in [0.5, 0.6) is 0 Å². The molecule has 2 aromatic rings. The van der Waals surface area contributed by atoms with E-state index in [0.717, 1.165) is 10.0 Å². The number of ether oxygens (including phenoxy) is 1. The SMILES string of the molecule is C[C@H](OC(=O)C1CCN(C(=O)c2ccc(Br)cc2)CC1)c1ccccc1. The number of benzene rings is 2. The Morgan fingerprint density at radius 1 is 1.04 bits per heavy atom. The molecule has 0 spiro atoms. The largest absolute Gasteiger partial charge is 0.458 e. The van der Waals surface area contributed by atoms with Crippen LogP contribution < -0.4 is 0 Å². The van der Waals surface area contributed by atoms with E-state index >= 15 is 0 Å². The summed E-state index contributed by atoms with van der Waals surface area (Å²) in [5, 5.41) is 0. The lowest BCUT2D eigenvalue weighted by Gasteiger charge is -2.31. The molecule has 1 heterocycles. The highest BCUT2D eigenvalue weighted by atomic mass is 79.9. The molecule has 0 radical (unpaired) electrons. The second-order valence-corrected chi connectivity index (χ2v) is 7.48. The quantitative estimate of drug-likeness (QED) is 0.685. The fraction of sp³-hybridized carbons (Fsp3) is 0.333. The minimum absolute atomic E-state index is 0.0157. The van der Waals surface area contributed by atoms with Gasteiger partial charge >= 0.3 is 5.97 Å². The minimum Gasteiger partial charge on any atom is -0.458 e. The van der Waals surface area contributed by atoms with Crippen molar-refractivity contribution in [3.8, 4) is 0 Å². The predicted molar refractivity (Wildman–Crippen MR) is 104 cm³/mol. The summed E-state index contributed by atoms with van der Waals surface area (Å²) in [5.74, 6) is -0.297. The van der Waals surface area contributed by atoms with Crippen molar-refractivity contribution in [2.45, 2.75) is 25.9 Å². The Hall–Kier alpha value is -2.14. The van der Waals surface area contributed by atoms with Crippen LogP contribution in [0.3, 0.4) is 0 Å². The first kappa shape index (κ1) is 18.6. The number of hydrogen-bond donors (Lipinski definition) is 0. The van der Waals surface area contributed by atoms with Crippen molar-refractivity contribution in [1.82, 2.24) is 4.90 Å². The van der Waals surface area contributed by atoms with Crippen molar-refractivity contribution in [1.29, 1.82) is 0 Å². The zero-order chi connectivity index (χ0) is 18.5. The molecule has 0 saturated carbocycles. The van der Waals surface area contributed by atoms with E-state index in [0.29, 0.717) is 31.5 Å². The molecular formula is C21H22BrNO3. The first-order chi connectivity index (χ1) is 12.5. The Morgan fingerprint density at radius 2 is 1.65 bits per heavy atom. The van der Waals surface area contributed by atoms with Gasteiger partial charge in [-0.25, -0.2) is 0 Å². The first-order valence-electron chi connectivity index (χ1n) is 8.85. The number of halogens is 1. The maximum atomic E-state index is 12.5. The van der Waals surface area contributed by atoms with Crippen LogP contribution in [0.25, 0.3) is 0 Å². The van der Waals surface area contributed by atoms with E-state index in [-0.39, 0.29) is 23.9 Å². The molecule has 1 aliphatic heterocycles. The van der Waals surface area contributed by atoms with E-state index in [1.165, 1.54) is 0 Å². The van der Waals surface area contributed by atoms with Crippen molar-refractivity contribution in [2.24, 2.45) is 5.92 Å². The van der Waals surface area contributed by atoms with Gasteiger partial charge in [0.15, 0.2) is 0 Å². The predicted octanol–water partition coefficient (Wildman–Crippen LogP) is 4.61. The number of esters is 1. The van der Waals surface area contributed by atoms with Crippen LogP contribution in [0.4, 0.5) is 0 Å². The molecule has 0 unspecified atom stereocenters. The second-order valence-electron chi connectivity index (χ2n) is 6.56. The number of hydrogen-bond acceptors (Lipinski definition) is 3. The van der Waals surface area contributed by atoms with Crippen LogP contribution >= 0.6 is 15.9 Å². The molecular weight excluding hydrogens is 394 g/mol. The lowest BCUT2D eigenvalue weighted by atomic mass is 9.96. The molecule has 4 nitrogen and oxygen atoms in total. The molecule has 1 amide bonds. The molecule has 5 heteroatoms. The molecule has 2 aromatic carbocycles. The van der Waals surface area contributed by atoms with Gasteiger partial charge in [0.1, 0.15) is 6.10 Å². The third-order valence-corrected chi connectivity index (χ3v) is 5.30. The van der Waals surface area contributed by atoms with Gasteiger partial charge < -0.3 is 9.64 Å². The monoisotopic (exact) mass is 415 g/mol. The number of amides is 1. The van der Waals surface area contributed by atoms with Crippen LogP contribution in [-0.4, -0.2) is 29.9 Å². The summed E-state index contributed by atoms with van der Waals surface area (Å²) in [4.78, 5) is 26.8. The van der Waals surface area contributed by atoms with Crippen molar-refractivity contribution in [3.05, 3.63) is 70.2 Å². The minimum atomic E-state index is -0.258. The van der Waals surface area contributed by atoms with Crippen LogP contribution in [0.1, 0.15) is 41.8 Å². The van der Waals surface area contributed by atoms with Crippen molar-refractivity contribution in [2.75, 3.05) is 13.1 Å². The average molecular weight is 416 g/mol. The number of carbonyl (C=O) groups is 2. The van der Waals surface area contributed by atoms with Crippen LogP contribution in [0.15, 0.2) is 59.1 Å². The number of likely N-dealkylation sites (tertiary alicyclic amines) is 1. The van der Waals surface area contributed by atoms with Crippen LogP contribution in [0, 0.1) is 5.92 Å². The third-order valence-electron chi connectivity index (χ3n) is 4.77. The molecule has 0 aromatic heterocycles. The van der Waals surface area contributed by atoms with Gasteiger partial charge in [-0.15, -0.1) is 0 Å². The van der Waals surface area contributed by atoms with Crippen LogP contribution in [-0.2, 0) is 9.53 Å². The van der Waals surface area contributed by atoms with Crippen molar-refractivity contribution >= 4 is 27.8 Å². The highest BCUT2D eigenvalue weighted by molar-refractivity contribution is 9.10. The summed E-state index contributed by atoms with van der Waals surface area (Å²) in [6.45, 7) is 3.04. The standard InChI is InChI=1S/C21H22BrNO3/c1-15(16-5-3-2-4-6-16)26-21(25)18-11-13-23(14-12-18)20(24)17-7-9-19(22)10-8-17/h2-10,15,18H,11-14H2,1H3/t15-/m0/s1. The van der Waals surface area contributed by atoms with Gasteiger partial charge in [-0.05, 0) is 49.6 Å². The number of carbonyl (C=O) groups excluding carboxylic acids is 2. The summed E-state index contributed by atoms with van der Waals surface area (Å²) in [5.41, 5.74) is 1.66. The Balaban J connectivity index is 1.52. The Bertz CT molecular complexity index is 753. The molecule has 3 rings (SSSR count). The van der Waals surface area contributed by atoms with E-state index in [1.807, 2.05) is 66.4 Å². The lowest BCUT2D eigenvalue weighted by Crippen LogP contribution is -2.40. The van der Waals surface area contributed by atoms with E-state index in [1.54, 1.807) is 0 Å². The second kappa shape index (κ2) is 8.49. The molecule has 0 aliphatic carbocycles. The van der Waals surface area contributed by atoms with Gasteiger partial charge in [-0.2, -0.15) is 0 Å². The van der Waals surface area contributed by atoms with Gasteiger partial charge in [0.2, 0.25) is 0 Å². The molecule has 1 saturated heterocycles. The third kappa shape index (κ3) is 4.52. The molecule has 136 valence electrons. The highest BCUT2D eigenvalue weighted by Crippen LogP contribution is 2.24. The van der Waals surface area contributed by atoms with Crippen molar-refractivity contribution < 1.29 is 14.3 Å². The smallest absolute Gasteiger partial charge is 0.309 e. The fourth-order valence-electron chi connectivity index (χ4n) is 3.16. The Kier molecular flexibility index (Phi) is 6.09.